The van der Waals surface area contributed by atoms with Gasteiger partial charge in [-0.3, -0.25) is 0 Å². The van der Waals surface area contributed by atoms with E-state index < -0.39 is 5.63 Å². The molecule has 2 aromatic rings. The van der Waals surface area contributed by atoms with E-state index in [-0.39, 0.29) is 12.4 Å². The van der Waals surface area contributed by atoms with Crippen molar-refractivity contribution < 1.29 is 19.4 Å². The van der Waals surface area contributed by atoms with Crippen LogP contribution >= 0.6 is 0 Å². The molecular weight excluding hydrogens is 212 g/mol. The standard InChI is InChI=1S/C9H6O3.C2H4O2/c10-7-3-1-6-2-4-9(11)12-8(6)5-7;3-1-2-4/h1-5,10H;1,4H,2H2. The van der Waals surface area contributed by atoms with Crippen molar-refractivity contribution in [3.8, 4) is 5.75 Å². The second-order valence-corrected chi connectivity index (χ2v) is 2.83. The third kappa shape index (κ3) is 3.21. The van der Waals surface area contributed by atoms with E-state index in [0.717, 1.165) is 5.39 Å². The molecule has 2 rings (SSSR count). The summed E-state index contributed by atoms with van der Waals surface area (Å²) in [6.45, 7) is -0.361. The molecule has 2 N–H and O–H groups in total. The average molecular weight is 222 g/mol. The topological polar surface area (TPSA) is 87.7 Å². The molecule has 16 heavy (non-hydrogen) atoms. The summed E-state index contributed by atoms with van der Waals surface area (Å²) in [7, 11) is 0. The Bertz CT molecular complexity index is 529. The Hall–Kier alpha value is -2.14. The summed E-state index contributed by atoms with van der Waals surface area (Å²) in [4.78, 5) is 19.7. The number of hydrogen-bond donors (Lipinski definition) is 2. The summed E-state index contributed by atoms with van der Waals surface area (Å²) in [5.74, 6) is 0.0943. The molecule has 0 aliphatic heterocycles. The third-order valence-corrected chi connectivity index (χ3v) is 1.68. The minimum atomic E-state index is -0.409. The van der Waals surface area contributed by atoms with Crippen molar-refractivity contribution in [2.45, 2.75) is 0 Å². The van der Waals surface area contributed by atoms with Gasteiger partial charge in [-0.05, 0) is 18.2 Å². The van der Waals surface area contributed by atoms with E-state index in [0.29, 0.717) is 11.9 Å². The highest BCUT2D eigenvalue weighted by Crippen LogP contribution is 2.17. The Balaban J connectivity index is 0.000000280. The van der Waals surface area contributed by atoms with Crippen LogP contribution in [0, 0.1) is 0 Å². The molecule has 1 aromatic carbocycles. The van der Waals surface area contributed by atoms with Crippen LogP contribution in [0.4, 0.5) is 0 Å². The summed E-state index contributed by atoms with van der Waals surface area (Å²) < 4.78 is 4.83. The van der Waals surface area contributed by atoms with E-state index in [1.165, 1.54) is 12.1 Å². The lowest BCUT2D eigenvalue weighted by molar-refractivity contribution is -0.110. The van der Waals surface area contributed by atoms with Crippen molar-refractivity contribution in [3.63, 3.8) is 0 Å². The molecule has 0 spiro atoms. The number of rotatable bonds is 1. The normalized spacial score (nSPS) is 9.31. The molecular formula is C11H10O5. The number of aliphatic hydroxyl groups is 1. The highest BCUT2D eigenvalue weighted by Gasteiger charge is 1.96. The van der Waals surface area contributed by atoms with E-state index in [1.54, 1.807) is 18.2 Å². The molecule has 84 valence electrons. The molecule has 1 aromatic heterocycles. The minimum Gasteiger partial charge on any atom is -0.508 e. The van der Waals surface area contributed by atoms with Crippen LogP contribution in [-0.2, 0) is 4.79 Å². The van der Waals surface area contributed by atoms with Crippen molar-refractivity contribution >= 4 is 17.3 Å². The molecule has 5 nitrogen and oxygen atoms in total. The van der Waals surface area contributed by atoms with Gasteiger partial charge in [-0.15, -0.1) is 0 Å². The molecule has 1 heterocycles. The highest BCUT2D eigenvalue weighted by atomic mass is 16.4. The van der Waals surface area contributed by atoms with Gasteiger partial charge < -0.3 is 19.4 Å². The Morgan fingerprint density at radius 3 is 2.50 bits per heavy atom. The zero-order chi connectivity index (χ0) is 12.0. The number of fused-ring (bicyclic) bond motifs is 1. The molecule has 0 saturated carbocycles. The fourth-order valence-electron chi connectivity index (χ4n) is 1.05. The number of benzene rings is 1. The zero-order valence-electron chi connectivity index (χ0n) is 8.29. The van der Waals surface area contributed by atoms with Crippen LogP contribution in [-0.4, -0.2) is 23.1 Å². The summed E-state index contributed by atoms with van der Waals surface area (Å²) in [5.41, 5.74) is -0.00407. The molecule has 0 saturated heterocycles. The fourth-order valence-corrected chi connectivity index (χ4v) is 1.05. The monoisotopic (exact) mass is 222 g/mol. The molecule has 0 unspecified atom stereocenters. The molecule has 0 fully saturated rings. The van der Waals surface area contributed by atoms with Crippen LogP contribution < -0.4 is 5.63 Å². The minimum absolute atomic E-state index is 0.0943. The number of aromatic hydroxyl groups is 1. The van der Waals surface area contributed by atoms with Gasteiger partial charge in [-0.25, -0.2) is 4.79 Å². The Morgan fingerprint density at radius 1 is 1.25 bits per heavy atom. The van der Waals surface area contributed by atoms with Gasteiger partial charge in [-0.2, -0.15) is 0 Å². The Morgan fingerprint density at radius 2 is 1.88 bits per heavy atom. The number of aliphatic hydroxyl groups excluding tert-OH is 1. The van der Waals surface area contributed by atoms with E-state index >= 15 is 0 Å². The lowest BCUT2D eigenvalue weighted by atomic mass is 10.2. The van der Waals surface area contributed by atoms with Gasteiger partial charge in [0, 0.05) is 17.5 Å². The maximum absolute atomic E-state index is 10.7. The lowest BCUT2D eigenvalue weighted by Gasteiger charge is -1.94. The summed E-state index contributed by atoms with van der Waals surface area (Å²) in [6, 6.07) is 7.65. The van der Waals surface area contributed by atoms with Gasteiger partial charge >= 0.3 is 5.63 Å². The average Bonchev–Trinajstić information content (AvgIpc) is 2.29. The lowest BCUT2D eigenvalue weighted by Crippen LogP contribution is -1.93. The van der Waals surface area contributed by atoms with Crippen molar-refractivity contribution in [2.24, 2.45) is 0 Å². The first-order valence-corrected chi connectivity index (χ1v) is 4.44. The van der Waals surface area contributed by atoms with Gasteiger partial charge in [0.05, 0.1) is 6.61 Å². The number of carbonyl (C=O) groups excluding carboxylic acids is 1. The SMILES string of the molecule is O=CCO.O=c1ccc2ccc(O)cc2o1. The maximum Gasteiger partial charge on any atom is 0.336 e. The van der Waals surface area contributed by atoms with Crippen molar-refractivity contribution in [1.82, 2.24) is 0 Å². The van der Waals surface area contributed by atoms with E-state index in [4.69, 9.17) is 19.4 Å². The number of carbonyl (C=O) groups is 1. The first kappa shape index (κ1) is 11.9. The molecule has 0 atom stereocenters. The van der Waals surface area contributed by atoms with Gasteiger partial charge in [0.15, 0.2) is 0 Å². The highest BCUT2D eigenvalue weighted by molar-refractivity contribution is 5.77. The van der Waals surface area contributed by atoms with Gasteiger partial charge in [0.2, 0.25) is 0 Å². The summed E-state index contributed by atoms with van der Waals surface area (Å²) in [5, 5.41) is 17.4. The number of hydrogen-bond acceptors (Lipinski definition) is 5. The predicted octanol–water partition coefficient (Wildman–Crippen LogP) is 0.676. The number of phenolic OH excluding ortho intramolecular Hbond substituents is 1. The third-order valence-electron chi connectivity index (χ3n) is 1.68. The molecule has 0 bridgehead atoms. The maximum atomic E-state index is 10.7. The Labute approximate surface area is 90.6 Å². The molecule has 0 amide bonds. The smallest absolute Gasteiger partial charge is 0.336 e. The zero-order valence-corrected chi connectivity index (χ0v) is 8.29. The van der Waals surface area contributed by atoms with E-state index in [2.05, 4.69) is 0 Å². The summed E-state index contributed by atoms with van der Waals surface area (Å²) >= 11 is 0. The van der Waals surface area contributed by atoms with Crippen LogP contribution in [0.2, 0.25) is 0 Å². The van der Waals surface area contributed by atoms with Crippen molar-refractivity contribution in [2.75, 3.05) is 6.61 Å². The first-order chi connectivity index (χ1) is 7.67. The van der Waals surface area contributed by atoms with Crippen LogP contribution in [0.25, 0.3) is 11.0 Å². The molecule has 0 aliphatic rings. The van der Waals surface area contributed by atoms with Gasteiger partial charge in [-0.1, -0.05) is 0 Å². The van der Waals surface area contributed by atoms with Gasteiger partial charge in [0.1, 0.15) is 17.6 Å². The molecule has 0 aliphatic carbocycles. The van der Waals surface area contributed by atoms with Crippen LogP contribution in [0.1, 0.15) is 0 Å². The van der Waals surface area contributed by atoms with E-state index in [9.17, 15) is 4.79 Å². The predicted molar refractivity (Wildman–Crippen MR) is 57.3 cm³/mol. The van der Waals surface area contributed by atoms with Crippen molar-refractivity contribution in [1.29, 1.82) is 0 Å². The second-order valence-electron chi connectivity index (χ2n) is 2.83. The fraction of sp³-hybridized carbons (Fsp3) is 0.0909. The first-order valence-electron chi connectivity index (χ1n) is 4.44. The van der Waals surface area contributed by atoms with Crippen molar-refractivity contribution in [3.05, 3.63) is 40.8 Å². The largest absolute Gasteiger partial charge is 0.508 e. The molecule has 0 radical (unpaired) electrons. The van der Waals surface area contributed by atoms with Crippen LogP contribution in [0.3, 0.4) is 0 Å². The van der Waals surface area contributed by atoms with Crippen LogP contribution in [0.15, 0.2) is 39.5 Å². The molecule has 5 heteroatoms. The summed E-state index contributed by atoms with van der Waals surface area (Å²) in [6.07, 6.45) is 0.431. The Kier molecular flexibility index (Phi) is 4.23. The van der Waals surface area contributed by atoms with Crippen LogP contribution in [0.5, 0.6) is 5.75 Å². The quantitative estimate of drug-likeness (QED) is 0.547. The number of aldehydes is 1. The van der Waals surface area contributed by atoms with E-state index in [1.807, 2.05) is 0 Å². The second kappa shape index (κ2) is 5.67. The van der Waals surface area contributed by atoms with Gasteiger partial charge in [0.25, 0.3) is 0 Å². The number of phenols is 1.